The maximum atomic E-state index is 12.4. The minimum absolute atomic E-state index is 0.0524. The lowest BCUT2D eigenvalue weighted by molar-refractivity contribution is -0.131. The van der Waals surface area contributed by atoms with Crippen LogP contribution < -0.4 is 0 Å². The van der Waals surface area contributed by atoms with Crippen molar-refractivity contribution in [1.29, 1.82) is 0 Å². The summed E-state index contributed by atoms with van der Waals surface area (Å²) in [5, 5.41) is 0.638. The first-order chi connectivity index (χ1) is 11.6. The van der Waals surface area contributed by atoms with E-state index in [1.807, 2.05) is 32.6 Å². The summed E-state index contributed by atoms with van der Waals surface area (Å²) in [6.07, 6.45) is 1.36. The molecule has 0 saturated carbocycles. The van der Waals surface area contributed by atoms with E-state index >= 15 is 0 Å². The highest BCUT2D eigenvalue weighted by Crippen LogP contribution is 2.20. The van der Waals surface area contributed by atoms with Crippen LogP contribution in [-0.4, -0.2) is 59.4 Å². The van der Waals surface area contributed by atoms with Gasteiger partial charge in [-0.05, 0) is 39.8 Å². The topological polar surface area (TPSA) is 70.6 Å². The fourth-order valence-corrected chi connectivity index (χ4v) is 4.82. The lowest BCUT2D eigenvalue weighted by Crippen LogP contribution is -2.43. The van der Waals surface area contributed by atoms with E-state index in [2.05, 4.69) is 4.98 Å². The number of thioether (sulfide) groups is 1. The largest absolute Gasteiger partial charge is 0.337 e. The molecule has 0 atom stereocenters. The van der Waals surface area contributed by atoms with Gasteiger partial charge in [0.2, 0.25) is 15.9 Å². The molecule has 0 spiro atoms. The van der Waals surface area contributed by atoms with Crippen molar-refractivity contribution in [2.24, 2.45) is 0 Å². The van der Waals surface area contributed by atoms with Crippen LogP contribution in [0.3, 0.4) is 0 Å². The molecule has 0 saturated heterocycles. The number of hydrogen-bond acceptors (Lipinski definition) is 5. The molecule has 0 aliphatic rings. The van der Waals surface area contributed by atoms with Crippen molar-refractivity contribution in [3.63, 3.8) is 0 Å². The van der Waals surface area contributed by atoms with Gasteiger partial charge in [-0.1, -0.05) is 25.6 Å². The molecule has 0 N–H and O–H groups in total. The standard InChI is InChI=1S/C17H29N3O3S2/c1-7-19(8-2)25(22,23)15-9-10-16(18-11-15)24-12-17(21)20(13(3)4)14(5)6/h9-11,13-14H,7-8,12H2,1-6H3. The average Bonchev–Trinajstić information content (AvgIpc) is 2.53. The van der Waals surface area contributed by atoms with Gasteiger partial charge < -0.3 is 4.90 Å². The minimum Gasteiger partial charge on any atom is -0.337 e. The van der Waals surface area contributed by atoms with Crippen LogP contribution in [0.5, 0.6) is 0 Å². The summed E-state index contributed by atoms with van der Waals surface area (Å²) in [4.78, 5) is 18.6. The zero-order valence-corrected chi connectivity index (χ0v) is 17.5. The number of nitrogens with zero attached hydrogens (tertiary/aromatic N) is 3. The Hall–Kier alpha value is -1.12. The summed E-state index contributed by atoms with van der Waals surface area (Å²) in [5.74, 6) is 0.336. The first-order valence-electron chi connectivity index (χ1n) is 8.55. The van der Waals surface area contributed by atoms with E-state index in [1.165, 1.54) is 22.3 Å². The average molecular weight is 388 g/mol. The summed E-state index contributed by atoms with van der Waals surface area (Å²) >= 11 is 1.32. The minimum atomic E-state index is -3.50. The molecule has 1 aromatic rings. The van der Waals surface area contributed by atoms with E-state index in [4.69, 9.17) is 0 Å². The van der Waals surface area contributed by atoms with Crippen LogP contribution in [0.1, 0.15) is 41.5 Å². The number of carbonyl (C=O) groups is 1. The van der Waals surface area contributed by atoms with Crippen LogP contribution in [-0.2, 0) is 14.8 Å². The number of rotatable bonds is 9. The maximum Gasteiger partial charge on any atom is 0.244 e. The molecule has 142 valence electrons. The third-order valence-corrected chi connectivity index (χ3v) is 6.76. The fourth-order valence-electron chi connectivity index (χ4n) is 2.70. The molecule has 0 aromatic carbocycles. The zero-order valence-electron chi connectivity index (χ0n) is 15.9. The predicted octanol–water partition coefficient (Wildman–Crippen LogP) is 2.85. The Kier molecular flexibility index (Phi) is 8.37. The van der Waals surface area contributed by atoms with E-state index in [9.17, 15) is 13.2 Å². The van der Waals surface area contributed by atoms with Gasteiger partial charge >= 0.3 is 0 Å². The highest BCUT2D eigenvalue weighted by molar-refractivity contribution is 7.99. The number of pyridine rings is 1. The van der Waals surface area contributed by atoms with E-state index in [-0.39, 0.29) is 28.6 Å². The second kappa shape index (κ2) is 9.54. The third kappa shape index (κ3) is 5.69. The molecule has 0 aliphatic heterocycles. The molecule has 0 bridgehead atoms. The van der Waals surface area contributed by atoms with Crippen LogP contribution in [0.15, 0.2) is 28.3 Å². The molecule has 25 heavy (non-hydrogen) atoms. The van der Waals surface area contributed by atoms with E-state index in [0.29, 0.717) is 18.1 Å². The van der Waals surface area contributed by atoms with Gasteiger partial charge in [0, 0.05) is 31.4 Å². The second-order valence-corrected chi connectivity index (χ2v) is 9.13. The van der Waals surface area contributed by atoms with E-state index in [1.54, 1.807) is 26.0 Å². The fraction of sp³-hybridized carbons (Fsp3) is 0.647. The highest BCUT2D eigenvalue weighted by atomic mass is 32.2. The summed E-state index contributed by atoms with van der Waals surface area (Å²) in [6, 6.07) is 3.49. The molecule has 6 nitrogen and oxygen atoms in total. The van der Waals surface area contributed by atoms with E-state index < -0.39 is 10.0 Å². The van der Waals surface area contributed by atoms with Crippen LogP contribution >= 0.6 is 11.8 Å². The lowest BCUT2D eigenvalue weighted by atomic mass is 10.2. The first kappa shape index (κ1) is 21.9. The van der Waals surface area contributed by atoms with Crippen molar-refractivity contribution in [1.82, 2.24) is 14.2 Å². The Morgan fingerprint density at radius 1 is 1.12 bits per heavy atom. The van der Waals surface area contributed by atoms with Gasteiger partial charge in [-0.15, -0.1) is 0 Å². The maximum absolute atomic E-state index is 12.4. The molecular weight excluding hydrogens is 358 g/mol. The molecule has 1 aromatic heterocycles. The Bertz CT molecular complexity index is 646. The van der Waals surface area contributed by atoms with Gasteiger partial charge in [-0.3, -0.25) is 4.79 Å². The van der Waals surface area contributed by atoms with Crippen molar-refractivity contribution in [3.8, 4) is 0 Å². The van der Waals surface area contributed by atoms with Gasteiger partial charge in [0.05, 0.1) is 10.8 Å². The molecular formula is C17H29N3O3S2. The van der Waals surface area contributed by atoms with Crippen molar-refractivity contribution in [3.05, 3.63) is 18.3 Å². The van der Waals surface area contributed by atoms with Crippen LogP contribution in [0.4, 0.5) is 0 Å². The normalized spacial score (nSPS) is 12.2. The van der Waals surface area contributed by atoms with Gasteiger partial charge in [0.1, 0.15) is 4.90 Å². The summed E-state index contributed by atoms with van der Waals surface area (Å²) in [7, 11) is -3.50. The smallest absolute Gasteiger partial charge is 0.244 e. The predicted molar refractivity (Wildman–Crippen MR) is 102 cm³/mol. The Labute approximate surface area is 156 Å². The molecule has 1 heterocycles. The summed E-state index contributed by atoms with van der Waals surface area (Å²) in [5.41, 5.74) is 0. The van der Waals surface area contributed by atoms with Gasteiger partial charge in [-0.2, -0.15) is 4.31 Å². The monoisotopic (exact) mass is 387 g/mol. The van der Waals surface area contributed by atoms with Gasteiger partial charge in [0.25, 0.3) is 0 Å². The third-order valence-electron chi connectivity index (χ3n) is 3.80. The summed E-state index contributed by atoms with van der Waals surface area (Å²) < 4.78 is 26.3. The van der Waals surface area contributed by atoms with Crippen LogP contribution in [0.2, 0.25) is 0 Å². The number of sulfonamides is 1. The van der Waals surface area contributed by atoms with Crippen molar-refractivity contribution in [2.45, 2.75) is 63.5 Å². The molecule has 0 radical (unpaired) electrons. The Balaban J connectivity index is 2.80. The van der Waals surface area contributed by atoms with Crippen molar-refractivity contribution in [2.75, 3.05) is 18.8 Å². The number of carbonyl (C=O) groups excluding carboxylic acids is 1. The molecule has 0 aliphatic carbocycles. The molecule has 0 fully saturated rings. The SMILES string of the molecule is CCN(CC)S(=O)(=O)c1ccc(SCC(=O)N(C(C)C)C(C)C)nc1. The number of aromatic nitrogens is 1. The molecule has 1 rings (SSSR count). The van der Waals surface area contributed by atoms with Crippen molar-refractivity contribution >= 4 is 27.7 Å². The number of hydrogen-bond donors (Lipinski definition) is 0. The Morgan fingerprint density at radius 3 is 2.08 bits per heavy atom. The molecule has 1 amide bonds. The van der Waals surface area contributed by atoms with E-state index in [0.717, 1.165) is 0 Å². The zero-order chi connectivity index (χ0) is 19.2. The summed E-state index contributed by atoms with van der Waals surface area (Å²) in [6.45, 7) is 12.4. The number of amides is 1. The van der Waals surface area contributed by atoms with Gasteiger partial charge in [0.15, 0.2) is 0 Å². The molecule has 0 unspecified atom stereocenters. The van der Waals surface area contributed by atoms with Crippen LogP contribution in [0, 0.1) is 0 Å². The quantitative estimate of drug-likeness (QED) is 0.609. The van der Waals surface area contributed by atoms with Crippen LogP contribution in [0.25, 0.3) is 0 Å². The van der Waals surface area contributed by atoms with Crippen molar-refractivity contribution < 1.29 is 13.2 Å². The first-order valence-corrected chi connectivity index (χ1v) is 11.0. The lowest BCUT2D eigenvalue weighted by Gasteiger charge is -2.30. The van der Waals surface area contributed by atoms with Gasteiger partial charge in [-0.25, -0.2) is 13.4 Å². The molecule has 8 heteroatoms. The second-order valence-electron chi connectivity index (χ2n) is 6.20. The highest BCUT2D eigenvalue weighted by Gasteiger charge is 2.23. The Morgan fingerprint density at radius 2 is 1.68 bits per heavy atom.